The van der Waals surface area contributed by atoms with Crippen LogP contribution < -0.4 is 0 Å². The average molecular weight is 347 g/mol. The van der Waals surface area contributed by atoms with Crippen molar-refractivity contribution < 1.29 is 9.53 Å². The molecule has 4 saturated carbocycles. The average Bonchev–Trinajstić information content (AvgIpc) is 3.02. The van der Waals surface area contributed by atoms with Gasteiger partial charge in [0.05, 0.1) is 13.2 Å². The first kappa shape index (κ1) is 16.6. The summed E-state index contributed by atoms with van der Waals surface area (Å²) in [5.41, 5.74) is 0.387. The van der Waals surface area contributed by atoms with Crippen LogP contribution in [-0.2, 0) is 9.53 Å². The summed E-state index contributed by atoms with van der Waals surface area (Å²) in [6, 6.07) is 0.458. The van der Waals surface area contributed by atoms with Crippen molar-refractivity contribution in [3.8, 4) is 0 Å². The lowest BCUT2D eigenvalue weighted by atomic mass is 9.49. The molecule has 0 aromatic rings. The molecule has 4 heteroatoms. The Morgan fingerprint density at radius 2 is 1.60 bits per heavy atom. The molecule has 2 heterocycles. The SMILES string of the molecule is O=C(CC12CC3CC(CC(C3)C1)C2)N1CCCC1CN1CCOCC1. The Kier molecular flexibility index (Phi) is 4.32. The van der Waals surface area contributed by atoms with Crippen LogP contribution in [0.15, 0.2) is 0 Å². The van der Waals surface area contributed by atoms with E-state index in [4.69, 9.17) is 4.74 Å². The molecule has 6 aliphatic rings. The minimum atomic E-state index is 0.387. The van der Waals surface area contributed by atoms with Crippen LogP contribution in [0.2, 0.25) is 0 Å². The van der Waals surface area contributed by atoms with Crippen LogP contribution in [0, 0.1) is 23.2 Å². The van der Waals surface area contributed by atoms with E-state index in [0.717, 1.165) is 63.6 Å². The van der Waals surface area contributed by atoms with Crippen molar-refractivity contribution >= 4 is 5.91 Å². The predicted molar refractivity (Wildman–Crippen MR) is 97.2 cm³/mol. The van der Waals surface area contributed by atoms with Crippen LogP contribution in [0.3, 0.4) is 0 Å². The smallest absolute Gasteiger partial charge is 0.223 e. The van der Waals surface area contributed by atoms with Gasteiger partial charge in [-0.3, -0.25) is 9.69 Å². The first-order chi connectivity index (χ1) is 12.2. The van der Waals surface area contributed by atoms with Crippen molar-refractivity contribution in [2.75, 3.05) is 39.4 Å². The maximum Gasteiger partial charge on any atom is 0.223 e. The Bertz CT molecular complexity index is 479. The fourth-order valence-corrected chi connectivity index (χ4v) is 7.36. The maximum atomic E-state index is 13.3. The monoisotopic (exact) mass is 346 g/mol. The van der Waals surface area contributed by atoms with Gasteiger partial charge in [-0.2, -0.15) is 0 Å². The Balaban J connectivity index is 1.23. The zero-order valence-electron chi connectivity index (χ0n) is 15.6. The third kappa shape index (κ3) is 3.25. The summed E-state index contributed by atoms with van der Waals surface area (Å²) < 4.78 is 5.48. The summed E-state index contributed by atoms with van der Waals surface area (Å²) in [5, 5.41) is 0. The van der Waals surface area contributed by atoms with Gasteiger partial charge in [-0.1, -0.05) is 0 Å². The molecule has 2 saturated heterocycles. The van der Waals surface area contributed by atoms with E-state index in [2.05, 4.69) is 9.80 Å². The van der Waals surface area contributed by atoms with Gasteiger partial charge in [0.15, 0.2) is 0 Å². The quantitative estimate of drug-likeness (QED) is 0.785. The van der Waals surface area contributed by atoms with Crippen molar-refractivity contribution in [1.82, 2.24) is 9.80 Å². The van der Waals surface area contributed by atoms with Crippen LogP contribution in [0.1, 0.15) is 57.8 Å². The molecule has 1 amide bonds. The Morgan fingerprint density at radius 3 is 2.24 bits per heavy atom. The maximum absolute atomic E-state index is 13.3. The van der Waals surface area contributed by atoms with E-state index in [1.807, 2.05) is 0 Å². The highest BCUT2D eigenvalue weighted by molar-refractivity contribution is 5.77. The van der Waals surface area contributed by atoms with E-state index < -0.39 is 0 Å². The van der Waals surface area contributed by atoms with Crippen LogP contribution >= 0.6 is 0 Å². The number of hydrogen-bond acceptors (Lipinski definition) is 3. The number of morpholine rings is 1. The fraction of sp³-hybridized carbons (Fsp3) is 0.952. The molecule has 0 spiro atoms. The largest absolute Gasteiger partial charge is 0.379 e. The number of nitrogens with zero attached hydrogens (tertiary/aromatic N) is 2. The van der Waals surface area contributed by atoms with Gasteiger partial charge in [0.1, 0.15) is 0 Å². The number of likely N-dealkylation sites (tertiary alicyclic amines) is 1. The molecule has 0 N–H and O–H groups in total. The first-order valence-corrected chi connectivity index (χ1v) is 10.8. The molecule has 2 aliphatic heterocycles. The summed E-state index contributed by atoms with van der Waals surface area (Å²) in [5.74, 6) is 3.32. The van der Waals surface area contributed by atoms with E-state index in [0.29, 0.717) is 17.4 Å². The Morgan fingerprint density at radius 1 is 0.960 bits per heavy atom. The third-order valence-electron chi connectivity index (χ3n) is 7.96. The first-order valence-electron chi connectivity index (χ1n) is 10.8. The Labute approximate surface area is 152 Å². The van der Waals surface area contributed by atoms with Crippen molar-refractivity contribution in [1.29, 1.82) is 0 Å². The molecule has 0 radical (unpaired) electrons. The second-order valence-electron chi connectivity index (χ2n) is 9.89. The number of ether oxygens (including phenoxy) is 1. The number of carbonyl (C=O) groups excluding carboxylic acids is 1. The van der Waals surface area contributed by atoms with Gasteiger partial charge in [-0.15, -0.1) is 0 Å². The number of carbonyl (C=O) groups is 1. The lowest BCUT2D eigenvalue weighted by Crippen LogP contribution is -2.50. The molecule has 0 aromatic heterocycles. The Hall–Kier alpha value is -0.610. The highest BCUT2D eigenvalue weighted by Gasteiger charge is 2.52. The van der Waals surface area contributed by atoms with Gasteiger partial charge in [0.2, 0.25) is 5.91 Å². The predicted octanol–water partition coefficient (Wildman–Crippen LogP) is 2.92. The van der Waals surface area contributed by atoms with E-state index in [9.17, 15) is 4.79 Å². The highest BCUT2D eigenvalue weighted by atomic mass is 16.5. The van der Waals surface area contributed by atoms with Crippen LogP contribution in [0.25, 0.3) is 0 Å². The van der Waals surface area contributed by atoms with E-state index in [-0.39, 0.29) is 0 Å². The third-order valence-corrected chi connectivity index (χ3v) is 7.96. The summed E-state index contributed by atoms with van der Waals surface area (Å²) >= 11 is 0. The minimum Gasteiger partial charge on any atom is -0.379 e. The zero-order chi connectivity index (χ0) is 16.9. The normalized spacial score (nSPS) is 43.8. The van der Waals surface area contributed by atoms with Gasteiger partial charge in [0, 0.05) is 38.6 Å². The van der Waals surface area contributed by atoms with Gasteiger partial charge in [-0.05, 0) is 74.5 Å². The van der Waals surface area contributed by atoms with Crippen LogP contribution in [0.4, 0.5) is 0 Å². The van der Waals surface area contributed by atoms with Crippen molar-refractivity contribution in [3.05, 3.63) is 0 Å². The lowest BCUT2D eigenvalue weighted by Gasteiger charge is -2.57. The van der Waals surface area contributed by atoms with E-state index in [1.54, 1.807) is 0 Å². The number of amides is 1. The second kappa shape index (κ2) is 6.53. The molecule has 1 unspecified atom stereocenters. The molecule has 4 nitrogen and oxygen atoms in total. The summed E-state index contributed by atoms with van der Waals surface area (Å²) in [6.07, 6.45) is 11.7. The summed E-state index contributed by atoms with van der Waals surface area (Å²) in [7, 11) is 0. The van der Waals surface area contributed by atoms with Crippen molar-refractivity contribution in [2.24, 2.45) is 23.2 Å². The van der Waals surface area contributed by atoms with Crippen molar-refractivity contribution in [2.45, 2.75) is 63.8 Å². The van der Waals surface area contributed by atoms with Gasteiger partial charge in [-0.25, -0.2) is 0 Å². The highest BCUT2D eigenvalue weighted by Crippen LogP contribution is 2.61. The van der Waals surface area contributed by atoms with Crippen LogP contribution in [0.5, 0.6) is 0 Å². The van der Waals surface area contributed by atoms with Gasteiger partial charge < -0.3 is 9.64 Å². The second-order valence-corrected chi connectivity index (χ2v) is 9.89. The molecule has 4 aliphatic carbocycles. The minimum absolute atomic E-state index is 0.387. The summed E-state index contributed by atoms with van der Waals surface area (Å²) in [4.78, 5) is 18.0. The fourth-order valence-electron chi connectivity index (χ4n) is 7.36. The standard InChI is InChI=1S/C21H34N2O2/c24-20(14-21-11-16-8-17(12-21)10-18(9-16)13-21)23-3-1-2-19(23)15-22-4-6-25-7-5-22/h16-19H,1-15H2. The molecule has 140 valence electrons. The van der Waals surface area contributed by atoms with Crippen LogP contribution in [-0.4, -0.2) is 61.1 Å². The molecule has 6 fully saturated rings. The number of rotatable bonds is 4. The molecule has 25 heavy (non-hydrogen) atoms. The molecule has 0 aromatic carbocycles. The molecule has 6 rings (SSSR count). The number of hydrogen-bond donors (Lipinski definition) is 0. The van der Waals surface area contributed by atoms with Crippen molar-refractivity contribution in [3.63, 3.8) is 0 Å². The molecular weight excluding hydrogens is 312 g/mol. The van der Waals surface area contributed by atoms with E-state index >= 15 is 0 Å². The molecule has 1 atom stereocenters. The summed E-state index contributed by atoms with van der Waals surface area (Å²) in [6.45, 7) is 5.85. The lowest BCUT2D eigenvalue weighted by molar-refractivity contribution is -0.140. The zero-order valence-corrected chi connectivity index (χ0v) is 15.6. The van der Waals surface area contributed by atoms with E-state index in [1.165, 1.54) is 51.4 Å². The molecule has 4 bridgehead atoms. The van der Waals surface area contributed by atoms with Gasteiger partial charge in [0.25, 0.3) is 0 Å². The van der Waals surface area contributed by atoms with Gasteiger partial charge >= 0.3 is 0 Å². The molecular formula is C21H34N2O2. The topological polar surface area (TPSA) is 32.8 Å².